The topological polar surface area (TPSA) is 126 Å². The zero-order valence-electron chi connectivity index (χ0n) is 23.1. The second kappa shape index (κ2) is 9.81. The average molecular weight is 564 g/mol. The van der Waals surface area contributed by atoms with E-state index in [-0.39, 0.29) is 28.4 Å². The highest BCUT2D eigenvalue weighted by atomic mass is 32.2. The van der Waals surface area contributed by atoms with Gasteiger partial charge in [0.1, 0.15) is 0 Å². The van der Waals surface area contributed by atoms with Crippen LogP contribution in [0.3, 0.4) is 0 Å². The van der Waals surface area contributed by atoms with Crippen LogP contribution in [0.4, 0.5) is 11.4 Å². The van der Waals surface area contributed by atoms with Gasteiger partial charge in [-0.05, 0) is 35.9 Å². The summed E-state index contributed by atoms with van der Waals surface area (Å²) in [5.41, 5.74) is 8.55. The van der Waals surface area contributed by atoms with E-state index < -0.39 is 27.5 Å². The molecule has 0 saturated heterocycles. The van der Waals surface area contributed by atoms with E-state index in [1.54, 1.807) is 12.1 Å². The quantitative estimate of drug-likeness (QED) is 0.470. The molecule has 1 amide bonds. The van der Waals surface area contributed by atoms with Crippen LogP contribution in [-0.2, 0) is 26.6 Å². The van der Waals surface area contributed by atoms with Gasteiger partial charge in [-0.3, -0.25) is 4.79 Å². The number of hydrogen-bond acceptors (Lipinski definition) is 8. The van der Waals surface area contributed by atoms with E-state index in [0.717, 1.165) is 36.9 Å². The standard InChI is InChI=1S/C29H35N6O4S/c1-29(2,3)28-32-31-26(39-28)20-6-11-25-24(16-20)35(27(36)23(30)18-40(25,37)38)17-19-4-7-21(8-5-19)33-12-14-34(15-13-33)22-9-10-22/h4-8,11,14,16,22-23H,9-10,12-13,15,17-18,30H2,1-3H3/q+1/t23-/m0/s1. The maximum absolute atomic E-state index is 13.5. The predicted octanol–water partition coefficient (Wildman–Crippen LogP) is 2.75. The first-order chi connectivity index (χ1) is 19.0. The van der Waals surface area contributed by atoms with Crippen LogP contribution >= 0.6 is 0 Å². The summed E-state index contributed by atoms with van der Waals surface area (Å²) >= 11 is 0. The zero-order chi connectivity index (χ0) is 28.2. The lowest BCUT2D eigenvalue weighted by atomic mass is 9.97. The van der Waals surface area contributed by atoms with Crippen LogP contribution < -0.4 is 15.5 Å². The molecule has 1 saturated carbocycles. The van der Waals surface area contributed by atoms with Gasteiger partial charge in [0, 0.05) is 29.5 Å². The van der Waals surface area contributed by atoms with Crippen molar-refractivity contribution in [2.24, 2.45) is 5.73 Å². The van der Waals surface area contributed by atoms with Crippen LogP contribution in [-0.4, -0.2) is 72.8 Å². The Bertz CT molecular complexity index is 1590. The second-order valence-corrected chi connectivity index (χ2v) is 13.9. The normalized spacial score (nSPS) is 21.1. The van der Waals surface area contributed by atoms with Gasteiger partial charge in [0.25, 0.3) is 0 Å². The SMILES string of the molecule is CC(C)(C)c1nnc(-c2ccc3c(c2)N(Cc2ccc(N4CC=[N+](C5CC5)CC4)cc2)C(=O)[C@@H](N)CS3(=O)=O)o1. The Labute approximate surface area is 234 Å². The van der Waals surface area contributed by atoms with Crippen molar-refractivity contribution in [2.45, 2.75) is 62.6 Å². The van der Waals surface area contributed by atoms with E-state index in [1.165, 1.54) is 23.8 Å². The van der Waals surface area contributed by atoms with Gasteiger partial charge in [-0.25, -0.2) is 13.0 Å². The van der Waals surface area contributed by atoms with Crippen LogP contribution in [0.5, 0.6) is 0 Å². The maximum atomic E-state index is 13.5. The smallest absolute Gasteiger partial charge is 0.247 e. The van der Waals surface area contributed by atoms with E-state index in [2.05, 4.69) is 38.0 Å². The number of carbonyl (C=O) groups excluding carboxylic acids is 1. The van der Waals surface area contributed by atoms with Crippen molar-refractivity contribution in [3.05, 3.63) is 53.9 Å². The third-order valence-electron chi connectivity index (χ3n) is 7.70. The highest BCUT2D eigenvalue weighted by Crippen LogP contribution is 2.36. The molecule has 210 valence electrons. The molecule has 1 aliphatic carbocycles. The highest BCUT2D eigenvalue weighted by molar-refractivity contribution is 7.91. The molecule has 0 radical (unpaired) electrons. The molecule has 3 aliphatic rings. The molecule has 3 aromatic rings. The van der Waals surface area contributed by atoms with Gasteiger partial charge in [0.2, 0.25) is 17.7 Å². The first kappa shape index (κ1) is 26.6. The fraction of sp³-hybridized carbons (Fsp3) is 0.448. The summed E-state index contributed by atoms with van der Waals surface area (Å²) in [6.07, 6.45) is 4.88. The van der Waals surface area contributed by atoms with Crippen molar-refractivity contribution >= 4 is 33.3 Å². The Morgan fingerprint density at radius 3 is 2.48 bits per heavy atom. The van der Waals surface area contributed by atoms with Crippen molar-refractivity contribution in [1.29, 1.82) is 0 Å². The molecule has 0 spiro atoms. The minimum absolute atomic E-state index is 0.0637. The number of nitrogens with two attached hydrogens (primary N) is 1. The van der Waals surface area contributed by atoms with Crippen molar-refractivity contribution in [2.75, 3.05) is 35.2 Å². The van der Waals surface area contributed by atoms with E-state index >= 15 is 0 Å². The average Bonchev–Trinajstić information content (AvgIpc) is 3.66. The van der Waals surface area contributed by atoms with E-state index in [0.29, 0.717) is 11.5 Å². The second-order valence-electron chi connectivity index (χ2n) is 11.9. The lowest BCUT2D eigenvalue weighted by molar-refractivity contribution is -0.538. The minimum Gasteiger partial charge on any atom is -0.420 e. The summed E-state index contributed by atoms with van der Waals surface area (Å²) in [5.74, 6) is -0.179. The summed E-state index contributed by atoms with van der Waals surface area (Å²) in [7, 11) is -3.80. The zero-order valence-corrected chi connectivity index (χ0v) is 23.9. The van der Waals surface area contributed by atoms with E-state index in [1.807, 2.05) is 32.9 Å². The van der Waals surface area contributed by atoms with Gasteiger partial charge in [-0.1, -0.05) is 32.9 Å². The molecule has 40 heavy (non-hydrogen) atoms. The van der Waals surface area contributed by atoms with Crippen molar-refractivity contribution < 1.29 is 22.2 Å². The van der Waals surface area contributed by atoms with Crippen LogP contribution in [0.25, 0.3) is 11.5 Å². The minimum atomic E-state index is -3.80. The third-order valence-corrected chi connectivity index (χ3v) is 9.52. The molecule has 1 atom stereocenters. The van der Waals surface area contributed by atoms with Gasteiger partial charge in [0.15, 0.2) is 28.6 Å². The number of nitrogens with zero attached hydrogens (tertiary/aromatic N) is 5. The molecule has 1 aromatic heterocycles. The van der Waals surface area contributed by atoms with E-state index in [9.17, 15) is 13.2 Å². The molecule has 11 heteroatoms. The van der Waals surface area contributed by atoms with Crippen molar-refractivity contribution in [3.63, 3.8) is 0 Å². The number of benzene rings is 2. The monoisotopic (exact) mass is 563 g/mol. The molecular weight excluding hydrogens is 528 g/mol. The van der Waals surface area contributed by atoms with Crippen molar-refractivity contribution in [1.82, 2.24) is 10.2 Å². The van der Waals surface area contributed by atoms with Gasteiger partial charge in [-0.15, -0.1) is 10.2 Å². The number of aromatic nitrogens is 2. The van der Waals surface area contributed by atoms with Crippen LogP contribution in [0.1, 0.15) is 45.1 Å². The number of rotatable bonds is 5. The molecule has 0 unspecified atom stereocenters. The molecule has 2 aliphatic heterocycles. The Hall–Kier alpha value is -3.57. The fourth-order valence-electron chi connectivity index (χ4n) is 5.24. The lowest BCUT2D eigenvalue weighted by Crippen LogP contribution is -2.45. The highest BCUT2D eigenvalue weighted by Gasteiger charge is 2.37. The number of carbonyl (C=O) groups is 1. The van der Waals surface area contributed by atoms with E-state index in [4.69, 9.17) is 10.2 Å². The predicted molar refractivity (Wildman–Crippen MR) is 153 cm³/mol. The fourth-order valence-corrected chi connectivity index (χ4v) is 6.79. The van der Waals surface area contributed by atoms with Crippen LogP contribution in [0.2, 0.25) is 0 Å². The molecule has 6 rings (SSSR count). The van der Waals surface area contributed by atoms with Gasteiger partial charge < -0.3 is 20.0 Å². The summed E-state index contributed by atoms with van der Waals surface area (Å²) in [4.78, 5) is 17.3. The first-order valence-corrected chi connectivity index (χ1v) is 15.4. The summed E-state index contributed by atoms with van der Waals surface area (Å²) in [6, 6.07) is 12.4. The summed E-state index contributed by atoms with van der Waals surface area (Å²) in [5, 5.41) is 8.33. The summed E-state index contributed by atoms with van der Waals surface area (Å²) < 4.78 is 34.7. The number of anilines is 2. The van der Waals surface area contributed by atoms with Crippen LogP contribution in [0, 0.1) is 0 Å². The molecule has 0 bridgehead atoms. The Morgan fingerprint density at radius 1 is 1.10 bits per heavy atom. The molecule has 10 nitrogen and oxygen atoms in total. The first-order valence-electron chi connectivity index (χ1n) is 13.7. The number of sulfone groups is 1. The van der Waals surface area contributed by atoms with Crippen LogP contribution in [0.15, 0.2) is 51.8 Å². The Kier molecular flexibility index (Phi) is 6.53. The largest absolute Gasteiger partial charge is 0.420 e. The van der Waals surface area contributed by atoms with Crippen molar-refractivity contribution in [3.8, 4) is 11.5 Å². The molecule has 3 heterocycles. The third kappa shape index (κ3) is 5.15. The number of hydrogen-bond donors (Lipinski definition) is 1. The number of amides is 1. The molecular formula is C29H35N6O4S+. The summed E-state index contributed by atoms with van der Waals surface area (Å²) in [6.45, 7) is 8.94. The lowest BCUT2D eigenvalue weighted by Gasteiger charge is -2.26. The molecule has 2 N–H and O–H groups in total. The van der Waals surface area contributed by atoms with Gasteiger partial charge in [0.05, 0.1) is 42.0 Å². The number of fused-ring (bicyclic) bond motifs is 1. The Balaban J connectivity index is 1.30. The van der Waals surface area contributed by atoms with Gasteiger partial charge in [-0.2, -0.15) is 0 Å². The Morgan fingerprint density at radius 2 is 1.85 bits per heavy atom. The molecule has 1 fully saturated rings. The molecule has 2 aromatic carbocycles. The van der Waals surface area contributed by atoms with Gasteiger partial charge >= 0.3 is 0 Å². The maximum Gasteiger partial charge on any atom is 0.247 e.